The van der Waals surface area contributed by atoms with E-state index in [1.54, 1.807) is 7.11 Å². The van der Waals surface area contributed by atoms with Gasteiger partial charge < -0.3 is 9.30 Å². The summed E-state index contributed by atoms with van der Waals surface area (Å²) in [6.45, 7) is 3.69. The van der Waals surface area contributed by atoms with Crippen LogP contribution in [0.5, 0.6) is 0 Å². The third-order valence-corrected chi connectivity index (χ3v) is 2.31. The van der Waals surface area contributed by atoms with Crippen LogP contribution < -0.4 is 0 Å². The van der Waals surface area contributed by atoms with Gasteiger partial charge in [-0.3, -0.25) is 4.79 Å². The van der Waals surface area contributed by atoms with Crippen molar-refractivity contribution in [2.45, 2.75) is 32.7 Å². The van der Waals surface area contributed by atoms with Crippen molar-refractivity contribution >= 4 is 5.78 Å². The normalized spacial score (nSPS) is 10.5. The second-order valence-corrected chi connectivity index (χ2v) is 3.66. The first kappa shape index (κ1) is 12.0. The molecule has 0 N–H and O–H groups in total. The lowest BCUT2D eigenvalue weighted by Gasteiger charge is -2.01. The summed E-state index contributed by atoms with van der Waals surface area (Å²) in [5.41, 5.74) is 0.828. The second-order valence-electron chi connectivity index (χ2n) is 3.66. The smallest absolute Gasteiger partial charge is 0.164 e. The molecule has 0 fully saturated rings. The topological polar surface area (TPSA) is 31.2 Å². The highest BCUT2D eigenvalue weighted by Crippen LogP contribution is 2.07. The molecule has 1 aromatic heterocycles. The minimum absolute atomic E-state index is 0.239. The Bertz CT molecular complexity index is 304. The zero-order chi connectivity index (χ0) is 11.1. The van der Waals surface area contributed by atoms with Gasteiger partial charge in [0.05, 0.1) is 0 Å². The Hall–Kier alpha value is -1.09. The summed E-state index contributed by atoms with van der Waals surface area (Å²) in [5, 5.41) is 0. The molecule has 0 aromatic carbocycles. The molecule has 0 spiro atoms. The van der Waals surface area contributed by atoms with Gasteiger partial charge in [0.2, 0.25) is 0 Å². The Morgan fingerprint density at radius 2 is 2.33 bits per heavy atom. The van der Waals surface area contributed by atoms with Crippen LogP contribution in [0, 0.1) is 0 Å². The van der Waals surface area contributed by atoms with E-state index in [-0.39, 0.29) is 5.78 Å². The Labute approximate surface area is 91.0 Å². The summed E-state index contributed by atoms with van der Waals surface area (Å²) in [5.74, 6) is 0.239. The lowest BCUT2D eigenvalue weighted by Crippen LogP contribution is -2.00. The summed E-state index contributed by atoms with van der Waals surface area (Å²) < 4.78 is 7.02. The maximum atomic E-state index is 11.5. The van der Waals surface area contributed by atoms with Crippen LogP contribution in [0.2, 0.25) is 0 Å². The third kappa shape index (κ3) is 3.88. The van der Waals surface area contributed by atoms with E-state index in [4.69, 9.17) is 4.74 Å². The number of ketones is 1. The molecular weight excluding hydrogens is 190 g/mol. The molecule has 0 atom stereocenters. The highest BCUT2D eigenvalue weighted by molar-refractivity contribution is 5.95. The molecule has 3 nitrogen and oxygen atoms in total. The summed E-state index contributed by atoms with van der Waals surface area (Å²) in [6, 6.07) is 1.89. The van der Waals surface area contributed by atoms with E-state index in [0.717, 1.165) is 31.6 Å². The number of Topliss-reactive ketones (excluding diaryl/α,β-unsaturated/α-hetero) is 1. The number of rotatable bonds is 7. The van der Waals surface area contributed by atoms with Crippen molar-refractivity contribution in [3.05, 3.63) is 24.0 Å². The molecule has 3 heteroatoms. The molecule has 0 saturated carbocycles. The number of aryl methyl sites for hydroxylation is 1. The maximum Gasteiger partial charge on any atom is 0.164 e. The summed E-state index contributed by atoms with van der Waals surface area (Å²) >= 11 is 0. The molecule has 15 heavy (non-hydrogen) atoms. The zero-order valence-corrected chi connectivity index (χ0v) is 9.53. The van der Waals surface area contributed by atoms with E-state index in [0.29, 0.717) is 6.42 Å². The average molecular weight is 209 g/mol. The molecular formula is C12H19NO2. The standard InChI is InChI=1S/C12H19NO2/c1-3-5-12(14)11-6-8-13(10-11)7-4-9-15-2/h6,8,10H,3-5,7,9H2,1-2H3. The first-order chi connectivity index (χ1) is 7.27. The van der Waals surface area contributed by atoms with Crippen LogP contribution in [0.25, 0.3) is 0 Å². The Morgan fingerprint density at radius 1 is 1.53 bits per heavy atom. The third-order valence-electron chi connectivity index (χ3n) is 2.31. The van der Waals surface area contributed by atoms with Crippen LogP contribution in [0.3, 0.4) is 0 Å². The van der Waals surface area contributed by atoms with Gasteiger partial charge in [0, 0.05) is 44.6 Å². The van der Waals surface area contributed by atoms with E-state index in [2.05, 4.69) is 0 Å². The molecule has 0 bridgehead atoms. The maximum absolute atomic E-state index is 11.5. The molecule has 1 heterocycles. The molecule has 1 rings (SSSR count). The lowest BCUT2D eigenvalue weighted by atomic mass is 10.1. The molecule has 0 radical (unpaired) electrons. The fourth-order valence-electron chi connectivity index (χ4n) is 1.51. The molecule has 0 aliphatic carbocycles. The van der Waals surface area contributed by atoms with E-state index in [1.807, 2.05) is 30.0 Å². The summed E-state index contributed by atoms with van der Waals surface area (Å²) in [7, 11) is 1.70. The number of nitrogens with zero attached hydrogens (tertiary/aromatic N) is 1. The number of carbonyl (C=O) groups is 1. The SMILES string of the molecule is CCCC(=O)c1ccn(CCCOC)c1. The fraction of sp³-hybridized carbons (Fsp3) is 0.583. The summed E-state index contributed by atoms with van der Waals surface area (Å²) in [4.78, 5) is 11.5. The summed E-state index contributed by atoms with van der Waals surface area (Å²) in [6.07, 6.45) is 6.41. The van der Waals surface area contributed by atoms with Crippen LogP contribution in [0.4, 0.5) is 0 Å². The number of aromatic nitrogens is 1. The highest BCUT2D eigenvalue weighted by atomic mass is 16.5. The molecule has 0 aliphatic heterocycles. The minimum Gasteiger partial charge on any atom is -0.385 e. The van der Waals surface area contributed by atoms with E-state index in [9.17, 15) is 4.79 Å². The monoisotopic (exact) mass is 209 g/mol. The van der Waals surface area contributed by atoms with Crippen LogP contribution >= 0.6 is 0 Å². The predicted octanol–water partition coefficient (Wildman–Crippen LogP) is 2.51. The van der Waals surface area contributed by atoms with Crippen LogP contribution in [0.15, 0.2) is 18.5 Å². The van der Waals surface area contributed by atoms with E-state index in [1.165, 1.54) is 0 Å². The van der Waals surface area contributed by atoms with Crippen molar-refractivity contribution in [1.82, 2.24) is 4.57 Å². The van der Waals surface area contributed by atoms with Gasteiger partial charge in [-0.05, 0) is 18.9 Å². The highest BCUT2D eigenvalue weighted by Gasteiger charge is 2.05. The van der Waals surface area contributed by atoms with Crippen molar-refractivity contribution in [2.75, 3.05) is 13.7 Å². The minimum atomic E-state index is 0.239. The molecule has 84 valence electrons. The average Bonchev–Trinajstić information content (AvgIpc) is 2.67. The quantitative estimate of drug-likeness (QED) is 0.510. The lowest BCUT2D eigenvalue weighted by molar-refractivity contribution is 0.0981. The number of hydrogen-bond acceptors (Lipinski definition) is 2. The van der Waals surface area contributed by atoms with Crippen LogP contribution in [0.1, 0.15) is 36.5 Å². The van der Waals surface area contributed by atoms with Gasteiger partial charge in [-0.15, -0.1) is 0 Å². The molecule has 0 amide bonds. The van der Waals surface area contributed by atoms with Crippen LogP contribution in [-0.4, -0.2) is 24.1 Å². The van der Waals surface area contributed by atoms with Crippen molar-refractivity contribution < 1.29 is 9.53 Å². The van der Waals surface area contributed by atoms with Crippen molar-refractivity contribution in [3.8, 4) is 0 Å². The first-order valence-corrected chi connectivity index (χ1v) is 5.46. The Balaban J connectivity index is 2.45. The van der Waals surface area contributed by atoms with E-state index >= 15 is 0 Å². The van der Waals surface area contributed by atoms with Gasteiger partial charge in [0.25, 0.3) is 0 Å². The Kier molecular flexibility index (Phi) is 5.12. The predicted molar refractivity (Wildman–Crippen MR) is 60.2 cm³/mol. The zero-order valence-electron chi connectivity index (χ0n) is 9.53. The van der Waals surface area contributed by atoms with E-state index < -0.39 is 0 Å². The first-order valence-electron chi connectivity index (χ1n) is 5.46. The molecule has 0 saturated heterocycles. The largest absolute Gasteiger partial charge is 0.385 e. The fourth-order valence-corrected chi connectivity index (χ4v) is 1.51. The van der Waals surface area contributed by atoms with Crippen LogP contribution in [-0.2, 0) is 11.3 Å². The van der Waals surface area contributed by atoms with Gasteiger partial charge in [0.15, 0.2) is 5.78 Å². The molecule has 1 aromatic rings. The van der Waals surface area contributed by atoms with Crippen molar-refractivity contribution in [1.29, 1.82) is 0 Å². The number of ether oxygens (including phenoxy) is 1. The van der Waals surface area contributed by atoms with Gasteiger partial charge in [-0.2, -0.15) is 0 Å². The van der Waals surface area contributed by atoms with Crippen molar-refractivity contribution in [3.63, 3.8) is 0 Å². The molecule has 0 aliphatic rings. The molecule has 0 unspecified atom stereocenters. The second kappa shape index (κ2) is 6.40. The van der Waals surface area contributed by atoms with Gasteiger partial charge >= 0.3 is 0 Å². The van der Waals surface area contributed by atoms with Gasteiger partial charge in [-0.1, -0.05) is 6.92 Å². The Morgan fingerprint density at radius 3 is 3.00 bits per heavy atom. The number of methoxy groups -OCH3 is 1. The number of carbonyl (C=O) groups excluding carboxylic acids is 1. The van der Waals surface area contributed by atoms with Crippen molar-refractivity contribution in [2.24, 2.45) is 0 Å². The van der Waals surface area contributed by atoms with Gasteiger partial charge in [-0.25, -0.2) is 0 Å². The number of hydrogen-bond donors (Lipinski definition) is 0. The van der Waals surface area contributed by atoms with Gasteiger partial charge in [0.1, 0.15) is 0 Å².